The SMILES string of the molecule is CCCCCCCCCCOc1ccc(OC(=O)c2ccc(O[C@H](C)CCCC)cc2)cc1. The molecule has 0 aliphatic carbocycles. The van der Waals surface area contributed by atoms with Crippen LogP contribution in [-0.2, 0) is 0 Å². The predicted octanol–water partition coefficient (Wildman–Crippen LogP) is 8.38. The lowest BCUT2D eigenvalue weighted by Crippen LogP contribution is -2.12. The highest BCUT2D eigenvalue weighted by molar-refractivity contribution is 5.91. The van der Waals surface area contributed by atoms with Gasteiger partial charge in [0.15, 0.2) is 0 Å². The van der Waals surface area contributed by atoms with E-state index in [1.807, 2.05) is 24.3 Å². The molecule has 2 rings (SSSR count). The summed E-state index contributed by atoms with van der Waals surface area (Å²) in [6, 6.07) is 14.4. The van der Waals surface area contributed by atoms with Crippen LogP contribution in [0.3, 0.4) is 0 Å². The highest BCUT2D eigenvalue weighted by Crippen LogP contribution is 2.21. The molecule has 1 atom stereocenters. The summed E-state index contributed by atoms with van der Waals surface area (Å²) in [6.45, 7) is 7.21. The predicted molar refractivity (Wildman–Crippen MR) is 136 cm³/mol. The van der Waals surface area contributed by atoms with Crippen LogP contribution >= 0.6 is 0 Å². The van der Waals surface area contributed by atoms with Gasteiger partial charge in [0.1, 0.15) is 17.2 Å². The minimum Gasteiger partial charge on any atom is -0.494 e. The molecule has 0 saturated heterocycles. The average molecular weight is 455 g/mol. The molecule has 0 fully saturated rings. The molecule has 182 valence electrons. The first kappa shape index (κ1) is 26.8. The molecule has 0 amide bonds. The van der Waals surface area contributed by atoms with E-state index < -0.39 is 0 Å². The zero-order chi connectivity index (χ0) is 23.7. The Labute approximate surface area is 200 Å². The number of unbranched alkanes of at least 4 members (excludes halogenated alkanes) is 8. The van der Waals surface area contributed by atoms with Gasteiger partial charge in [0.25, 0.3) is 0 Å². The molecule has 0 radical (unpaired) electrons. The largest absolute Gasteiger partial charge is 0.494 e. The van der Waals surface area contributed by atoms with Crippen molar-refractivity contribution < 1.29 is 19.0 Å². The molecule has 4 heteroatoms. The molecule has 0 unspecified atom stereocenters. The molecule has 0 spiro atoms. The smallest absolute Gasteiger partial charge is 0.343 e. The number of hydrogen-bond donors (Lipinski definition) is 0. The average Bonchev–Trinajstić information content (AvgIpc) is 2.83. The van der Waals surface area contributed by atoms with Gasteiger partial charge in [-0.2, -0.15) is 0 Å². The van der Waals surface area contributed by atoms with E-state index in [9.17, 15) is 4.79 Å². The Bertz CT molecular complexity index is 767. The second kappa shape index (κ2) is 16.2. The van der Waals surface area contributed by atoms with Crippen LogP contribution in [0.25, 0.3) is 0 Å². The normalized spacial score (nSPS) is 11.7. The summed E-state index contributed by atoms with van der Waals surface area (Å²) in [5, 5.41) is 0. The minimum atomic E-state index is -0.381. The third-order valence-electron chi connectivity index (χ3n) is 5.69. The van der Waals surface area contributed by atoms with Gasteiger partial charge in [-0.3, -0.25) is 0 Å². The molecule has 4 nitrogen and oxygen atoms in total. The Morgan fingerprint density at radius 1 is 0.697 bits per heavy atom. The maximum atomic E-state index is 12.4. The maximum Gasteiger partial charge on any atom is 0.343 e. The van der Waals surface area contributed by atoms with Gasteiger partial charge >= 0.3 is 5.97 Å². The van der Waals surface area contributed by atoms with Crippen LogP contribution in [-0.4, -0.2) is 18.7 Å². The standard InChI is InChI=1S/C29H42O4/c1-4-6-8-9-10-11-12-13-23-31-26-19-21-28(22-20-26)33-29(30)25-15-17-27(18-16-25)32-24(3)14-7-5-2/h15-22,24H,4-14,23H2,1-3H3/t24-/m1/s1. The van der Waals surface area contributed by atoms with E-state index in [4.69, 9.17) is 14.2 Å². The van der Waals surface area contributed by atoms with Gasteiger partial charge in [-0.05, 0) is 68.3 Å². The second-order valence-electron chi connectivity index (χ2n) is 8.78. The molecule has 2 aromatic carbocycles. The van der Waals surface area contributed by atoms with Crippen molar-refractivity contribution >= 4 is 5.97 Å². The first-order valence-electron chi connectivity index (χ1n) is 12.8. The fourth-order valence-corrected chi connectivity index (χ4v) is 3.65. The van der Waals surface area contributed by atoms with Crippen molar-refractivity contribution in [2.45, 2.75) is 97.5 Å². The third kappa shape index (κ3) is 11.3. The summed E-state index contributed by atoms with van der Waals surface area (Å²) >= 11 is 0. The Morgan fingerprint density at radius 3 is 1.88 bits per heavy atom. The van der Waals surface area contributed by atoms with Crippen LogP contribution in [0.1, 0.15) is 102 Å². The van der Waals surface area contributed by atoms with Crippen molar-refractivity contribution in [3.8, 4) is 17.2 Å². The molecule has 0 saturated carbocycles. The molecule has 0 aliphatic heterocycles. The maximum absolute atomic E-state index is 12.4. The van der Waals surface area contributed by atoms with Gasteiger partial charge in [-0.1, -0.05) is 71.6 Å². The molecule has 0 aliphatic rings. The number of ether oxygens (including phenoxy) is 3. The van der Waals surface area contributed by atoms with Crippen LogP contribution in [0.2, 0.25) is 0 Å². The zero-order valence-electron chi connectivity index (χ0n) is 20.8. The van der Waals surface area contributed by atoms with Crippen molar-refractivity contribution in [3.63, 3.8) is 0 Å². The van der Waals surface area contributed by atoms with Crippen LogP contribution < -0.4 is 14.2 Å². The summed E-state index contributed by atoms with van der Waals surface area (Å²) < 4.78 is 17.2. The topological polar surface area (TPSA) is 44.8 Å². The first-order chi connectivity index (χ1) is 16.1. The van der Waals surface area contributed by atoms with E-state index in [-0.39, 0.29) is 12.1 Å². The number of carbonyl (C=O) groups is 1. The molecular formula is C29H42O4. The van der Waals surface area contributed by atoms with E-state index in [1.54, 1.807) is 24.3 Å². The minimum absolute atomic E-state index is 0.166. The lowest BCUT2D eigenvalue weighted by Gasteiger charge is -2.14. The monoisotopic (exact) mass is 454 g/mol. The van der Waals surface area contributed by atoms with E-state index in [1.165, 1.54) is 44.9 Å². The van der Waals surface area contributed by atoms with Crippen molar-refractivity contribution in [3.05, 3.63) is 54.1 Å². The Kier molecular flexibility index (Phi) is 13.1. The van der Waals surface area contributed by atoms with Crippen LogP contribution in [0, 0.1) is 0 Å². The highest BCUT2D eigenvalue weighted by atomic mass is 16.5. The fraction of sp³-hybridized carbons (Fsp3) is 0.552. The Balaban J connectivity index is 1.67. The molecule has 0 bridgehead atoms. The van der Waals surface area contributed by atoms with Gasteiger partial charge in [0, 0.05) is 0 Å². The highest BCUT2D eigenvalue weighted by Gasteiger charge is 2.10. The molecule has 0 heterocycles. The molecule has 2 aromatic rings. The fourth-order valence-electron chi connectivity index (χ4n) is 3.65. The Morgan fingerprint density at radius 2 is 1.24 bits per heavy atom. The van der Waals surface area contributed by atoms with Crippen molar-refractivity contribution in [2.75, 3.05) is 6.61 Å². The van der Waals surface area contributed by atoms with Crippen LogP contribution in [0.4, 0.5) is 0 Å². The Hall–Kier alpha value is -2.49. The lowest BCUT2D eigenvalue weighted by molar-refractivity contribution is 0.0734. The molecule has 0 N–H and O–H groups in total. The number of hydrogen-bond acceptors (Lipinski definition) is 4. The number of rotatable bonds is 17. The van der Waals surface area contributed by atoms with Crippen molar-refractivity contribution in [1.82, 2.24) is 0 Å². The lowest BCUT2D eigenvalue weighted by atomic mass is 10.1. The summed E-state index contributed by atoms with van der Waals surface area (Å²) in [7, 11) is 0. The van der Waals surface area contributed by atoms with Gasteiger partial charge in [0.05, 0.1) is 18.3 Å². The molecule has 0 aromatic heterocycles. The van der Waals surface area contributed by atoms with Gasteiger partial charge in [-0.25, -0.2) is 4.79 Å². The van der Waals surface area contributed by atoms with E-state index in [0.29, 0.717) is 11.3 Å². The zero-order valence-corrected chi connectivity index (χ0v) is 20.8. The van der Waals surface area contributed by atoms with Gasteiger partial charge in [0.2, 0.25) is 0 Å². The summed E-state index contributed by atoms with van der Waals surface area (Å²) in [6.07, 6.45) is 13.8. The second-order valence-corrected chi connectivity index (χ2v) is 8.78. The van der Waals surface area contributed by atoms with Crippen LogP contribution in [0.15, 0.2) is 48.5 Å². The van der Waals surface area contributed by atoms with E-state index >= 15 is 0 Å². The summed E-state index contributed by atoms with van der Waals surface area (Å²) in [5.41, 5.74) is 0.499. The first-order valence-corrected chi connectivity index (χ1v) is 12.8. The quantitative estimate of drug-likeness (QED) is 0.137. The van der Waals surface area contributed by atoms with Crippen LogP contribution in [0.5, 0.6) is 17.2 Å². The summed E-state index contributed by atoms with van der Waals surface area (Å²) in [4.78, 5) is 12.4. The van der Waals surface area contributed by atoms with Crippen molar-refractivity contribution in [2.24, 2.45) is 0 Å². The third-order valence-corrected chi connectivity index (χ3v) is 5.69. The number of esters is 1. The van der Waals surface area contributed by atoms with E-state index in [0.717, 1.165) is 43.8 Å². The number of carbonyl (C=O) groups excluding carboxylic acids is 1. The molecular weight excluding hydrogens is 412 g/mol. The van der Waals surface area contributed by atoms with Gasteiger partial charge in [-0.15, -0.1) is 0 Å². The molecule has 33 heavy (non-hydrogen) atoms. The summed E-state index contributed by atoms with van der Waals surface area (Å²) in [5.74, 6) is 1.70. The number of benzene rings is 2. The van der Waals surface area contributed by atoms with E-state index in [2.05, 4.69) is 20.8 Å². The van der Waals surface area contributed by atoms with Gasteiger partial charge < -0.3 is 14.2 Å². The van der Waals surface area contributed by atoms with Crippen molar-refractivity contribution in [1.29, 1.82) is 0 Å².